The van der Waals surface area contributed by atoms with Crippen molar-refractivity contribution in [3.05, 3.63) is 64.7 Å². The van der Waals surface area contributed by atoms with Gasteiger partial charge in [0.25, 0.3) is 5.91 Å². The molecule has 0 bridgehead atoms. The number of methoxy groups -OCH3 is 1. The molecule has 0 saturated heterocycles. The highest BCUT2D eigenvalue weighted by atomic mass is 35.5. The summed E-state index contributed by atoms with van der Waals surface area (Å²) < 4.78 is 5.15. The van der Waals surface area contributed by atoms with Crippen molar-refractivity contribution >= 4 is 23.2 Å². The molecule has 6 heteroatoms. The summed E-state index contributed by atoms with van der Waals surface area (Å²) in [4.78, 5) is 12.9. The average Bonchev–Trinajstić information content (AvgIpc) is 2.90. The van der Waals surface area contributed by atoms with Crippen LogP contribution in [0.5, 0.6) is 5.75 Å². The van der Waals surface area contributed by atoms with Gasteiger partial charge >= 0.3 is 0 Å². The summed E-state index contributed by atoms with van der Waals surface area (Å²) in [5.41, 5.74) is 0.0853. The lowest BCUT2D eigenvalue weighted by atomic mass is 9.97. The molecule has 1 N–H and O–H groups in total. The van der Waals surface area contributed by atoms with Crippen LogP contribution in [-0.2, 0) is 5.72 Å². The van der Waals surface area contributed by atoms with E-state index in [4.69, 9.17) is 16.3 Å². The summed E-state index contributed by atoms with van der Waals surface area (Å²) in [5.74, 6) is 0.166. The van der Waals surface area contributed by atoms with Gasteiger partial charge in [0.1, 0.15) is 5.75 Å². The van der Waals surface area contributed by atoms with Crippen molar-refractivity contribution in [2.45, 2.75) is 19.1 Å². The van der Waals surface area contributed by atoms with Gasteiger partial charge in [0, 0.05) is 28.3 Å². The van der Waals surface area contributed by atoms with Crippen LogP contribution in [0.2, 0.25) is 5.02 Å². The fourth-order valence-electron chi connectivity index (χ4n) is 2.75. The number of hydrogen-bond acceptors (Lipinski definition) is 4. The molecule has 3 rings (SSSR count). The van der Waals surface area contributed by atoms with Gasteiger partial charge in [-0.05, 0) is 37.3 Å². The number of nitrogens with zero attached hydrogens (tertiary/aromatic N) is 2. The van der Waals surface area contributed by atoms with Crippen LogP contribution in [0.4, 0.5) is 0 Å². The Balaban J connectivity index is 2.00. The molecule has 2 aromatic carbocycles. The highest BCUT2D eigenvalue weighted by molar-refractivity contribution is 6.30. The van der Waals surface area contributed by atoms with E-state index in [2.05, 4.69) is 5.10 Å². The number of hydrogen-bond donors (Lipinski definition) is 1. The monoisotopic (exact) mass is 344 g/mol. The first kappa shape index (κ1) is 16.5. The van der Waals surface area contributed by atoms with Crippen LogP contribution in [0.3, 0.4) is 0 Å². The van der Waals surface area contributed by atoms with Crippen LogP contribution in [0, 0.1) is 0 Å². The molecule has 0 aliphatic carbocycles. The summed E-state index contributed by atoms with van der Waals surface area (Å²) >= 11 is 5.92. The molecule has 1 heterocycles. The SMILES string of the molecule is COc1cccc(C(=O)N2N=C(C)CC2(O)c2ccc(Cl)cc2)c1. The minimum absolute atomic E-state index is 0.240. The van der Waals surface area contributed by atoms with Crippen LogP contribution in [-0.4, -0.2) is 28.8 Å². The van der Waals surface area contributed by atoms with E-state index >= 15 is 0 Å². The van der Waals surface area contributed by atoms with E-state index in [9.17, 15) is 9.90 Å². The highest BCUT2D eigenvalue weighted by Gasteiger charge is 2.45. The molecule has 24 heavy (non-hydrogen) atoms. The topological polar surface area (TPSA) is 62.1 Å². The standard InChI is InChI=1S/C18H17ClN2O3/c1-12-11-18(23,14-6-8-15(19)9-7-14)21(20-12)17(22)13-4-3-5-16(10-13)24-2/h3-10,23H,11H2,1-2H3. The predicted octanol–water partition coefficient (Wildman–Crippen LogP) is 3.42. The quantitative estimate of drug-likeness (QED) is 0.928. The minimum atomic E-state index is -1.53. The maximum atomic E-state index is 12.9. The largest absolute Gasteiger partial charge is 0.497 e. The van der Waals surface area contributed by atoms with Gasteiger partial charge in [0.05, 0.1) is 7.11 Å². The van der Waals surface area contributed by atoms with E-state index in [-0.39, 0.29) is 6.42 Å². The summed E-state index contributed by atoms with van der Waals surface area (Å²) in [5, 5.41) is 17.1. The van der Waals surface area contributed by atoms with Gasteiger partial charge in [-0.15, -0.1) is 0 Å². The number of amides is 1. The zero-order chi connectivity index (χ0) is 17.3. The van der Waals surface area contributed by atoms with Crippen LogP contribution in [0.1, 0.15) is 29.3 Å². The average molecular weight is 345 g/mol. The molecule has 124 valence electrons. The zero-order valence-corrected chi connectivity index (χ0v) is 14.1. The first-order chi connectivity index (χ1) is 11.4. The van der Waals surface area contributed by atoms with Crippen molar-refractivity contribution in [3.63, 3.8) is 0 Å². The fraction of sp³-hybridized carbons (Fsp3) is 0.222. The molecule has 0 radical (unpaired) electrons. The van der Waals surface area contributed by atoms with Crippen LogP contribution in [0.25, 0.3) is 0 Å². The van der Waals surface area contributed by atoms with Crippen LogP contribution >= 0.6 is 11.6 Å². The first-order valence-electron chi connectivity index (χ1n) is 7.45. The molecule has 1 aliphatic heterocycles. The van der Waals surface area contributed by atoms with Crippen molar-refractivity contribution in [2.24, 2.45) is 5.10 Å². The molecule has 0 spiro atoms. The lowest BCUT2D eigenvalue weighted by Crippen LogP contribution is -2.43. The van der Waals surface area contributed by atoms with E-state index in [1.807, 2.05) is 0 Å². The summed E-state index contributed by atoms with van der Waals surface area (Å²) in [6.07, 6.45) is 0.240. The fourth-order valence-corrected chi connectivity index (χ4v) is 2.88. The summed E-state index contributed by atoms with van der Waals surface area (Å²) in [7, 11) is 1.53. The van der Waals surface area contributed by atoms with Gasteiger partial charge in [0.2, 0.25) is 0 Å². The molecule has 5 nitrogen and oxygen atoms in total. The van der Waals surface area contributed by atoms with E-state index in [1.54, 1.807) is 55.5 Å². The Morgan fingerprint density at radius 1 is 1.29 bits per heavy atom. The van der Waals surface area contributed by atoms with Gasteiger partial charge in [0.15, 0.2) is 5.72 Å². The summed E-state index contributed by atoms with van der Waals surface area (Å²) in [6, 6.07) is 13.5. The second kappa shape index (κ2) is 6.26. The normalized spacial score (nSPS) is 20.0. The van der Waals surface area contributed by atoms with Gasteiger partial charge in [-0.3, -0.25) is 4.79 Å². The van der Waals surface area contributed by atoms with Crippen LogP contribution < -0.4 is 4.74 Å². The number of aliphatic hydroxyl groups is 1. The third kappa shape index (κ3) is 2.88. The molecule has 0 aromatic heterocycles. The second-order valence-corrected chi connectivity index (χ2v) is 6.12. The van der Waals surface area contributed by atoms with E-state index in [1.165, 1.54) is 7.11 Å². The first-order valence-corrected chi connectivity index (χ1v) is 7.83. The van der Waals surface area contributed by atoms with Crippen molar-refractivity contribution in [3.8, 4) is 5.75 Å². The number of rotatable bonds is 3. The third-order valence-electron chi connectivity index (χ3n) is 3.94. The Bertz CT molecular complexity index is 804. The summed E-state index contributed by atoms with van der Waals surface area (Å²) in [6.45, 7) is 1.78. The van der Waals surface area contributed by atoms with Crippen molar-refractivity contribution < 1.29 is 14.6 Å². The Morgan fingerprint density at radius 2 is 2.00 bits per heavy atom. The second-order valence-electron chi connectivity index (χ2n) is 5.68. The Hall–Kier alpha value is -2.37. The maximum absolute atomic E-state index is 12.9. The Labute approximate surface area is 145 Å². The zero-order valence-electron chi connectivity index (χ0n) is 13.4. The van der Waals surface area contributed by atoms with Gasteiger partial charge < -0.3 is 9.84 Å². The van der Waals surface area contributed by atoms with Gasteiger partial charge in [-0.2, -0.15) is 10.1 Å². The number of halogens is 1. The molecule has 1 unspecified atom stereocenters. The van der Waals surface area contributed by atoms with Crippen molar-refractivity contribution in [2.75, 3.05) is 7.11 Å². The molecule has 1 amide bonds. The van der Waals surface area contributed by atoms with Crippen LogP contribution in [0.15, 0.2) is 53.6 Å². The lowest BCUT2D eigenvalue weighted by molar-refractivity contribution is -0.0765. The Morgan fingerprint density at radius 3 is 2.67 bits per heavy atom. The lowest BCUT2D eigenvalue weighted by Gasteiger charge is -2.31. The maximum Gasteiger partial charge on any atom is 0.277 e. The molecule has 0 saturated carbocycles. The van der Waals surface area contributed by atoms with E-state index in [0.29, 0.717) is 27.6 Å². The van der Waals surface area contributed by atoms with E-state index in [0.717, 1.165) is 5.01 Å². The molecule has 1 atom stereocenters. The van der Waals surface area contributed by atoms with Gasteiger partial charge in [-0.1, -0.05) is 29.8 Å². The molecule has 0 fully saturated rings. The molecule has 1 aliphatic rings. The molecular formula is C18H17ClN2O3. The van der Waals surface area contributed by atoms with Crippen molar-refractivity contribution in [1.82, 2.24) is 5.01 Å². The molecule has 2 aromatic rings. The number of ether oxygens (including phenoxy) is 1. The third-order valence-corrected chi connectivity index (χ3v) is 4.19. The van der Waals surface area contributed by atoms with Crippen molar-refractivity contribution in [1.29, 1.82) is 0 Å². The number of carbonyl (C=O) groups excluding carboxylic acids is 1. The number of benzene rings is 2. The minimum Gasteiger partial charge on any atom is -0.497 e. The van der Waals surface area contributed by atoms with Gasteiger partial charge in [-0.25, -0.2) is 0 Å². The number of hydrazone groups is 1. The highest BCUT2D eigenvalue weighted by Crippen LogP contribution is 2.37. The smallest absolute Gasteiger partial charge is 0.277 e. The predicted molar refractivity (Wildman–Crippen MR) is 92.2 cm³/mol. The molecular weight excluding hydrogens is 328 g/mol. The number of carbonyl (C=O) groups is 1. The van der Waals surface area contributed by atoms with E-state index < -0.39 is 11.6 Å². The Kier molecular flexibility index (Phi) is 4.30.